The number of pyridine rings is 1. The smallest absolute Gasteiger partial charge is 0.213 e. The molecule has 0 amide bonds. The summed E-state index contributed by atoms with van der Waals surface area (Å²) in [7, 11) is 0. The number of alkyl halides is 1. The second-order valence-electron chi connectivity index (χ2n) is 6.01. The fourth-order valence-corrected chi connectivity index (χ4v) is 3.75. The highest BCUT2D eigenvalue weighted by atomic mass is 35.5. The molecule has 0 radical (unpaired) electrons. The third kappa shape index (κ3) is 3.67. The predicted octanol–water partition coefficient (Wildman–Crippen LogP) is 3.66. The third-order valence-corrected chi connectivity index (χ3v) is 5.12. The second kappa shape index (κ2) is 6.75. The van der Waals surface area contributed by atoms with Crippen LogP contribution in [0.3, 0.4) is 0 Å². The van der Waals surface area contributed by atoms with E-state index in [-0.39, 0.29) is 0 Å². The van der Waals surface area contributed by atoms with E-state index in [1.807, 2.05) is 0 Å². The number of hydrogen-bond acceptors (Lipinski definition) is 4. The zero-order valence-corrected chi connectivity index (χ0v) is 14.1. The second-order valence-corrected chi connectivity index (χ2v) is 7.14. The molecule has 2 aliphatic heterocycles. The summed E-state index contributed by atoms with van der Waals surface area (Å²) in [6.07, 6.45) is 6.26. The lowest BCUT2D eigenvalue weighted by atomic mass is 9.81. The molecule has 1 aromatic rings. The lowest BCUT2D eigenvalue weighted by Crippen LogP contribution is -2.39. The van der Waals surface area contributed by atoms with Crippen LogP contribution in [0.2, 0.25) is 5.02 Å². The van der Waals surface area contributed by atoms with Crippen molar-refractivity contribution >= 4 is 28.9 Å². The highest BCUT2D eigenvalue weighted by Crippen LogP contribution is 2.40. The van der Waals surface area contributed by atoms with E-state index in [4.69, 9.17) is 33.7 Å². The molecular formula is C16H18Cl2FN3O. The maximum absolute atomic E-state index is 13.6. The molecule has 23 heavy (non-hydrogen) atoms. The molecule has 0 spiro atoms. The first-order valence-corrected chi connectivity index (χ1v) is 8.36. The Hall–Kier alpha value is -1.17. The van der Waals surface area contributed by atoms with Gasteiger partial charge in [0.1, 0.15) is 5.82 Å². The molecule has 7 heteroatoms. The van der Waals surface area contributed by atoms with Gasteiger partial charge in [-0.15, -0.1) is 11.6 Å². The Balaban J connectivity index is 1.95. The number of aromatic nitrogens is 1. The molecule has 124 valence electrons. The number of rotatable bonds is 3. The van der Waals surface area contributed by atoms with Crippen molar-refractivity contribution in [2.45, 2.75) is 30.6 Å². The van der Waals surface area contributed by atoms with E-state index < -0.39 is 10.8 Å². The first-order chi connectivity index (χ1) is 11.0. The summed E-state index contributed by atoms with van der Waals surface area (Å²) in [5.41, 5.74) is 6.83. The maximum atomic E-state index is 13.6. The summed E-state index contributed by atoms with van der Waals surface area (Å²) in [4.78, 5) is 7.20. The minimum Gasteiger partial charge on any atom is -0.384 e. The predicted molar refractivity (Wildman–Crippen MR) is 89.4 cm³/mol. The van der Waals surface area contributed by atoms with Crippen LogP contribution in [-0.4, -0.2) is 28.8 Å². The van der Waals surface area contributed by atoms with E-state index in [0.29, 0.717) is 34.5 Å². The summed E-state index contributed by atoms with van der Waals surface area (Å²) in [6, 6.07) is 1.26. The van der Waals surface area contributed by atoms with Crippen molar-refractivity contribution in [1.29, 1.82) is 0 Å². The normalized spacial score (nSPS) is 25.9. The third-order valence-electron chi connectivity index (χ3n) is 4.33. The van der Waals surface area contributed by atoms with Crippen molar-refractivity contribution in [3.8, 4) is 0 Å². The molecule has 3 heterocycles. The highest BCUT2D eigenvalue weighted by molar-refractivity contribution is 6.42. The Labute approximate surface area is 144 Å². The van der Waals surface area contributed by atoms with Gasteiger partial charge in [-0.3, -0.25) is 0 Å². The van der Waals surface area contributed by atoms with Crippen LogP contribution in [0.25, 0.3) is 0 Å². The Bertz CT molecular complexity index is 659. The van der Waals surface area contributed by atoms with E-state index >= 15 is 0 Å². The van der Waals surface area contributed by atoms with Gasteiger partial charge < -0.3 is 10.5 Å². The van der Waals surface area contributed by atoms with Gasteiger partial charge in [-0.25, -0.2) is 9.98 Å². The number of halogens is 3. The minimum atomic E-state index is -0.748. The van der Waals surface area contributed by atoms with Crippen molar-refractivity contribution in [2.75, 3.05) is 13.2 Å². The molecule has 3 rings (SSSR count). The van der Waals surface area contributed by atoms with Crippen molar-refractivity contribution in [1.82, 2.24) is 4.98 Å². The van der Waals surface area contributed by atoms with Gasteiger partial charge in [0.25, 0.3) is 0 Å². The molecule has 1 fully saturated rings. The van der Waals surface area contributed by atoms with Crippen LogP contribution in [0.1, 0.15) is 31.2 Å². The number of allylic oxidation sites excluding steroid dienone is 1. The monoisotopic (exact) mass is 357 g/mol. The van der Waals surface area contributed by atoms with Crippen LogP contribution in [0.15, 0.2) is 29.2 Å². The van der Waals surface area contributed by atoms with Gasteiger partial charge in [0, 0.05) is 31.0 Å². The molecule has 1 saturated heterocycles. The van der Waals surface area contributed by atoms with E-state index in [9.17, 15) is 4.39 Å². The molecule has 4 nitrogen and oxygen atoms in total. The fraction of sp³-hybridized carbons (Fsp3) is 0.500. The zero-order chi connectivity index (χ0) is 16.4. The van der Waals surface area contributed by atoms with Crippen molar-refractivity contribution in [2.24, 2.45) is 16.6 Å². The molecule has 1 aromatic heterocycles. The van der Waals surface area contributed by atoms with Gasteiger partial charge in [-0.05, 0) is 37.7 Å². The van der Waals surface area contributed by atoms with E-state index in [2.05, 4.69) is 9.98 Å². The van der Waals surface area contributed by atoms with Crippen molar-refractivity contribution in [3.63, 3.8) is 0 Å². The zero-order valence-electron chi connectivity index (χ0n) is 12.6. The SMILES string of the molecule is NC1=CCC(Cl)(CC2CCOCC2)C(c2cc(F)ncc2Cl)=N1. The van der Waals surface area contributed by atoms with Crippen LogP contribution in [0, 0.1) is 11.9 Å². The molecule has 1 atom stereocenters. The number of aliphatic imine (C=N–C) groups is 1. The van der Waals surface area contributed by atoms with Gasteiger partial charge in [0.2, 0.25) is 5.95 Å². The average molecular weight is 358 g/mol. The first kappa shape index (κ1) is 16.7. The molecule has 0 aromatic carbocycles. The number of hydrogen-bond donors (Lipinski definition) is 1. The van der Waals surface area contributed by atoms with E-state index in [0.717, 1.165) is 32.5 Å². The largest absolute Gasteiger partial charge is 0.384 e. The lowest BCUT2D eigenvalue weighted by molar-refractivity contribution is 0.0623. The van der Waals surface area contributed by atoms with Crippen LogP contribution in [0.5, 0.6) is 0 Å². The fourth-order valence-electron chi connectivity index (χ4n) is 3.12. The summed E-state index contributed by atoms with van der Waals surface area (Å²) in [5, 5.41) is 0.317. The number of nitrogens with zero attached hydrogens (tertiary/aromatic N) is 2. The van der Waals surface area contributed by atoms with Crippen molar-refractivity contribution < 1.29 is 9.13 Å². The standard InChI is InChI=1S/C16H18Cl2FN3O/c17-12-9-21-13(19)7-11(12)15-16(18,4-1-14(20)22-15)8-10-2-5-23-6-3-10/h1,7,9-10H,2-6,8,20H2. The van der Waals surface area contributed by atoms with E-state index in [1.165, 1.54) is 12.3 Å². The molecule has 2 aliphatic rings. The highest BCUT2D eigenvalue weighted by Gasteiger charge is 2.39. The Morgan fingerprint density at radius 2 is 2.13 bits per heavy atom. The topological polar surface area (TPSA) is 60.5 Å². The van der Waals surface area contributed by atoms with Crippen LogP contribution in [-0.2, 0) is 4.74 Å². The maximum Gasteiger partial charge on any atom is 0.213 e. The van der Waals surface area contributed by atoms with E-state index in [1.54, 1.807) is 6.08 Å². The van der Waals surface area contributed by atoms with Crippen LogP contribution < -0.4 is 5.73 Å². The Kier molecular flexibility index (Phi) is 4.90. The van der Waals surface area contributed by atoms with Crippen LogP contribution in [0.4, 0.5) is 4.39 Å². The first-order valence-electron chi connectivity index (χ1n) is 7.61. The van der Waals surface area contributed by atoms with Gasteiger partial charge in [-0.2, -0.15) is 4.39 Å². The van der Waals surface area contributed by atoms with Gasteiger partial charge in [0.15, 0.2) is 0 Å². The molecule has 0 aliphatic carbocycles. The molecule has 0 saturated carbocycles. The number of nitrogens with two attached hydrogens (primary N) is 1. The van der Waals surface area contributed by atoms with Gasteiger partial charge in [0.05, 0.1) is 15.6 Å². The molecule has 1 unspecified atom stereocenters. The molecule has 0 bridgehead atoms. The summed E-state index contributed by atoms with van der Waals surface area (Å²) in [5.74, 6) is 0.187. The summed E-state index contributed by atoms with van der Waals surface area (Å²) < 4.78 is 19.0. The summed E-state index contributed by atoms with van der Waals surface area (Å²) in [6.45, 7) is 1.49. The Morgan fingerprint density at radius 1 is 1.39 bits per heavy atom. The summed E-state index contributed by atoms with van der Waals surface area (Å²) >= 11 is 13.1. The molecular weight excluding hydrogens is 340 g/mol. The van der Waals surface area contributed by atoms with Gasteiger partial charge >= 0.3 is 0 Å². The minimum absolute atomic E-state index is 0.317. The van der Waals surface area contributed by atoms with Gasteiger partial charge in [-0.1, -0.05) is 11.6 Å². The quantitative estimate of drug-likeness (QED) is 0.663. The Morgan fingerprint density at radius 3 is 2.87 bits per heavy atom. The molecule has 2 N–H and O–H groups in total. The number of ether oxygens (including phenoxy) is 1. The van der Waals surface area contributed by atoms with Crippen molar-refractivity contribution in [3.05, 3.63) is 40.7 Å². The lowest BCUT2D eigenvalue weighted by Gasteiger charge is -2.35. The average Bonchev–Trinajstić information content (AvgIpc) is 2.53. The van der Waals surface area contributed by atoms with Crippen LogP contribution >= 0.6 is 23.2 Å².